The van der Waals surface area contributed by atoms with Crippen LogP contribution in [0.5, 0.6) is 0 Å². The van der Waals surface area contributed by atoms with Crippen LogP contribution < -0.4 is 10.2 Å². The van der Waals surface area contributed by atoms with Gasteiger partial charge in [-0.2, -0.15) is 0 Å². The van der Waals surface area contributed by atoms with Crippen LogP contribution in [0.25, 0.3) is 0 Å². The van der Waals surface area contributed by atoms with Crippen molar-refractivity contribution >= 4 is 13.7 Å². The van der Waals surface area contributed by atoms with Crippen molar-refractivity contribution in [2.24, 2.45) is 0 Å². The molecule has 0 heterocycles. The minimum Gasteiger partial charge on any atom is -0.756 e. The van der Waals surface area contributed by atoms with Gasteiger partial charge in [-0.15, -0.1) is 0 Å². The van der Waals surface area contributed by atoms with Gasteiger partial charge in [0.25, 0.3) is 7.82 Å². The molecular formula is C55H103N2O6P. The van der Waals surface area contributed by atoms with Crippen LogP contribution in [0, 0.1) is 0 Å². The van der Waals surface area contributed by atoms with Gasteiger partial charge >= 0.3 is 0 Å². The largest absolute Gasteiger partial charge is 0.756 e. The molecule has 8 nitrogen and oxygen atoms in total. The van der Waals surface area contributed by atoms with Gasteiger partial charge in [-0.1, -0.05) is 209 Å². The monoisotopic (exact) mass is 919 g/mol. The first-order chi connectivity index (χ1) is 31.0. The van der Waals surface area contributed by atoms with E-state index in [0.29, 0.717) is 17.4 Å². The molecule has 0 spiro atoms. The van der Waals surface area contributed by atoms with E-state index in [4.69, 9.17) is 9.05 Å². The summed E-state index contributed by atoms with van der Waals surface area (Å²) in [6.07, 6.45) is 61.4. The Balaban J connectivity index is 4.38. The van der Waals surface area contributed by atoms with E-state index >= 15 is 0 Å². The van der Waals surface area contributed by atoms with Gasteiger partial charge in [-0.3, -0.25) is 9.36 Å². The second-order valence-electron chi connectivity index (χ2n) is 19.2. The maximum absolute atomic E-state index is 12.9. The van der Waals surface area contributed by atoms with Crippen molar-refractivity contribution in [3.8, 4) is 0 Å². The van der Waals surface area contributed by atoms with Crippen molar-refractivity contribution in [3.05, 3.63) is 60.8 Å². The maximum atomic E-state index is 12.9. The van der Waals surface area contributed by atoms with Gasteiger partial charge in [0.1, 0.15) is 13.2 Å². The average Bonchev–Trinajstić information content (AvgIpc) is 3.25. The lowest BCUT2D eigenvalue weighted by Gasteiger charge is -2.29. The van der Waals surface area contributed by atoms with Crippen LogP contribution in [0.2, 0.25) is 0 Å². The molecule has 0 aliphatic rings. The van der Waals surface area contributed by atoms with Gasteiger partial charge in [-0.25, -0.2) is 0 Å². The van der Waals surface area contributed by atoms with Crippen LogP contribution >= 0.6 is 7.82 Å². The number of phosphoric ester groups is 1. The second-order valence-corrected chi connectivity index (χ2v) is 20.6. The zero-order valence-corrected chi connectivity index (χ0v) is 43.4. The molecule has 0 aromatic heterocycles. The highest BCUT2D eigenvalue weighted by Crippen LogP contribution is 2.38. The van der Waals surface area contributed by atoms with Crippen LogP contribution in [0.3, 0.4) is 0 Å². The number of rotatable bonds is 48. The fourth-order valence-corrected chi connectivity index (χ4v) is 8.17. The number of aliphatic hydroxyl groups excluding tert-OH is 1. The van der Waals surface area contributed by atoms with E-state index in [0.717, 1.165) is 51.4 Å². The molecule has 3 unspecified atom stereocenters. The van der Waals surface area contributed by atoms with Gasteiger partial charge in [0.2, 0.25) is 5.91 Å². The summed E-state index contributed by atoms with van der Waals surface area (Å²) in [6, 6.07) is -0.914. The number of phosphoric acid groups is 1. The zero-order valence-electron chi connectivity index (χ0n) is 42.5. The van der Waals surface area contributed by atoms with Crippen molar-refractivity contribution in [2.45, 2.75) is 244 Å². The van der Waals surface area contributed by atoms with Crippen LogP contribution in [0.4, 0.5) is 0 Å². The molecule has 374 valence electrons. The number of carbonyl (C=O) groups is 1. The summed E-state index contributed by atoms with van der Waals surface area (Å²) < 4.78 is 23.3. The number of likely N-dealkylation sites (N-methyl/N-ethyl adjacent to an activating group) is 1. The average molecular weight is 919 g/mol. The Bertz CT molecular complexity index is 1230. The molecule has 1 amide bonds. The van der Waals surface area contributed by atoms with Gasteiger partial charge in [0.05, 0.1) is 39.9 Å². The van der Waals surface area contributed by atoms with Crippen molar-refractivity contribution < 1.29 is 32.9 Å². The topological polar surface area (TPSA) is 108 Å². The highest BCUT2D eigenvalue weighted by atomic mass is 31.2. The van der Waals surface area contributed by atoms with Gasteiger partial charge < -0.3 is 28.8 Å². The van der Waals surface area contributed by atoms with Crippen LogP contribution in [0.15, 0.2) is 60.8 Å². The molecule has 0 aliphatic carbocycles. The summed E-state index contributed by atoms with van der Waals surface area (Å²) >= 11 is 0. The molecule has 0 bridgehead atoms. The molecule has 9 heteroatoms. The highest BCUT2D eigenvalue weighted by molar-refractivity contribution is 7.45. The number of quaternary nitrogens is 1. The molecule has 0 aromatic rings. The van der Waals surface area contributed by atoms with E-state index in [9.17, 15) is 19.4 Å². The number of nitrogens with zero attached hydrogens (tertiary/aromatic N) is 1. The third kappa shape index (κ3) is 48.1. The Kier molecular flexibility index (Phi) is 45.0. The van der Waals surface area contributed by atoms with Gasteiger partial charge in [0, 0.05) is 6.42 Å². The first kappa shape index (κ1) is 62.2. The molecule has 0 saturated heterocycles. The third-order valence-electron chi connectivity index (χ3n) is 11.7. The molecular weight excluding hydrogens is 816 g/mol. The maximum Gasteiger partial charge on any atom is 0.268 e. The second kappa shape index (κ2) is 46.3. The molecule has 0 fully saturated rings. The first-order valence-electron chi connectivity index (χ1n) is 26.7. The number of nitrogens with one attached hydrogen (secondary N) is 1. The number of allylic oxidation sites excluding steroid dienone is 9. The van der Waals surface area contributed by atoms with E-state index in [1.54, 1.807) is 6.08 Å². The Morgan fingerprint density at radius 3 is 1.36 bits per heavy atom. The minimum absolute atomic E-state index is 0.0117. The Morgan fingerprint density at radius 1 is 0.547 bits per heavy atom. The lowest BCUT2D eigenvalue weighted by atomic mass is 10.1. The molecule has 0 aromatic carbocycles. The lowest BCUT2D eigenvalue weighted by molar-refractivity contribution is -0.870. The summed E-state index contributed by atoms with van der Waals surface area (Å²) in [6.45, 7) is 4.61. The fourth-order valence-electron chi connectivity index (χ4n) is 7.45. The fraction of sp³-hybridized carbons (Fsp3) is 0.800. The minimum atomic E-state index is -4.61. The molecule has 64 heavy (non-hydrogen) atoms. The molecule has 3 atom stereocenters. The number of hydrogen-bond donors (Lipinski definition) is 2. The Labute approximate surface area is 396 Å². The summed E-state index contributed by atoms with van der Waals surface area (Å²) in [5.41, 5.74) is 0. The lowest BCUT2D eigenvalue weighted by Crippen LogP contribution is -2.45. The number of hydrogen-bond acceptors (Lipinski definition) is 6. The normalized spacial score (nSPS) is 14.5. The Morgan fingerprint density at radius 2 is 0.922 bits per heavy atom. The van der Waals surface area contributed by atoms with Crippen molar-refractivity contribution in [2.75, 3.05) is 40.9 Å². The standard InChI is InChI=1S/C55H103N2O6P/c1-6-8-10-12-14-16-18-20-22-24-26-28-30-32-34-36-38-40-42-44-46-48-54(58)53(52-63-64(60,61)62-51-50-57(3,4)5)56-55(59)49-47-45-43-41-39-37-35-33-31-29-27-25-23-21-19-17-15-13-11-9-7-2/h19,21,25,27,30,32,38,40,46,48,53-54,58H,6-18,20,22-24,26,28-29,31,33-37,39,41-45,47,49-52H2,1-5H3,(H-,56,59,60,61)/b21-19-,27-25-,32-30+,40-38+,48-46+. The summed E-state index contributed by atoms with van der Waals surface area (Å²) in [4.78, 5) is 25.4. The van der Waals surface area contributed by atoms with Crippen LogP contribution in [-0.2, 0) is 18.4 Å². The molecule has 0 rings (SSSR count). The number of carbonyl (C=O) groups excluding carboxylic acids is 1. The van der Waals surface area contributed by atoms with E-state index < -0.39 is 26.6 Å². The SMILES string of the molecule is CCCCCCC/C=C\C/C=C\CCCCCCCCCCCC(=O)NC(COP(=O)([O-])OCC[N+](C)(C)C)C(O)/C=C/CC/C=C/CC/C=C/CCCCCCCCCCCCC. The summed E-state index contributed by atoms with van der Waals surface area (Å²) in [5, 5.41) is 13.8. The molecule has 0 radical (unpaired) electrons. The van der Waals surface area contributed by atoms with E-state index in [2.05, 4.69) is 67.8 Å². The summed E-state index contributed by atoms with van der Waals surface area (Å²) in [7, 11) is 1.23. The number of unbranched alkanes of at least 4 members (excludes halogenated alkanes) is 27. The predicted octanol–water partition coefficient (Wildman–Crippen LogP) is 15.1. The van der Waals surface area contributed by atoms with E-state index in [-0.39, 0.29) is 12.5 Å². The van der Waals surface area contributed by atoms with Gasteiger partial charge in [0.15, 0.2) is 0 Å². The van der Waals surface area contributed by atoms with Gasteiger partial charge in [-0.05, 0) is 77.0 Å². The summed E-state index contributed by atoms with van der Waals surface area (Å²) in [5.74, 6) is -0.216. The Hall–Kier alpha value is -1.80. The quantitative estimate of drug-likeness (QED) is 0.0272. The molecule has 0 saturated carbocycles. The smallest absolute Gasteiger partial charge is 0.268 e. The number of amides is 1. The highest BCUT2D eigenvalue weighted by Gasteiger charge is 2.23. The third-order valence-corrected chi connectivity index (χ3v) is 12.6. The predicted molar refractivity (Wildman–Crippen MR) is 274 cm³/mol. The molecule has 0 aliphatic heterocycles. The van der Waals surface area contributed by atoms with E-state index in [1.165, 1.54) is 161 Å². The van der Waals surface area contributed by atoms with Crippen LogP contribution in [-0.4, -0.2) is 68.5 Å². The number of aliphatic hydroxyl groups is 1. The van der Waals surface area contributed by atoms with E-state index in [1.807, 2.05) is 27.2 Å². The first-order valence-corrected chi connectivity index (χ1v) is 28.1. The molecule has 2 N–H and O–H groups in total. The van der Waals surface area contributed by atoms with Crippen molar-refractivity contribution in [3.63, 3.8) is 0 Å². The zero-order chi connectivity index (χ0) is 47.1. The van der Waals surface area contributed by atoms with Crippen molar-refractivity contribution in [1.82, 2.24) is 5.32 Å². The van der Waals surface area contributed by atoms with Crippen LogP contribution in [0.1, 0.15) is 232 Å². The van der Waals surface area contributed by atoms with Crippen molar-refractivity contribution in [1.29, 1.82) is 0 Å².